The molecule has 1 aliphatic heterocycles. The number of H-pyrrole nitrogens is 1. The molecule has 2 heterocycles. The van der Waals surface area contributed by atoms with Crippen molar-refractivity contribution in [3.05, 3.63) is 30.1 Å². The van der Waals surface area contributed by atoms with Crippen LogP contribution in [-0.4, -0.2) is 59.8 Å². The van der Waals surface area contributed by atoms with Crippen molar-refractivity contribution in [2.75, 3.05) is 32.9 Å². The van der Waals surface area contributed by atoms with Crippen LogP contribution >= 0.6 is 0 Å². The van der Waals surface area contributed by atoms with Gasteiger partial charge in [-0.2, -0.15) is 0 Å². The average molecular weight is 317 g/mol. The molecule has 1 amide bonds. The summed E-state index contributed by atoms with van der Waals surface area (Å²) in [5.74, 6) is 0.0780. The van der Waals surface area contributed by atoms with Crippen LogP contribution in [-0.2, 0) is 9.47 Å². The summed E-state index contributed by atoms with van der Waals surface area (Å²) >= 11 is 0. The molecular formula is C17H23N3O3. The number of amides is 1. The fraction of sp³-hybridized carbons (Fsp3) is 0.529. The normalized spacial score (nSPS) is 16.1. The third kappa shape index (κ3) is 3.89. The van der Waals surface area contributed by atoms with Gasteiger partial charge in [0.15, 0.2) is 0 Å². The molecule has 1 fully saturated rings. The quantitative estimate of drug-likeness (QED) is 0.830. The molecule has 23 heavy (non-hydrogen) atoms. The molecule has 6 nitrogen and oxygen atoms in total. The van der Waals surface area contributed by atoms with Gasteiger partial charge in [0, 0.05) is 25.3 Å². The van der Waals surface area contributed by atoms with Crippen molar-refractivity contribution < 1.29 is 14.3 Å². The van der Waals surface area contributed by atoms with Crippen molar-refractivity contribution >= 4 is 16.9 Å². The summed E-state index contributed by atoms with van der Waals surface area (Å²) in [6.07, 6.45) is 3.63. The minimum absolute atomic E-state index is 0.0780. The maximum Gasteiger partial charge on any atom is 0.253 e. The maximum absolute atomic E-state index is 12.6. The molecule has 0 unspecified atom stereocenters. The fourth-order valence-corrected chi connectivity index (χ4v) is 2.89. The van der Waals surface area contributed by atoms with Gasteiger partial charge in [0.05, 0.1) is 36.7 Å². The van der Waals surface area contributed by atoms with Crippen LogP contribution in [0.3, 0.4) is 0 Å². The van der Waals surface area contributed by atoms with Crippen molar-refractivity contribution in [1.82, 2.24) is 14.9 Å². The molecule has 124 valence electrons. The van der Waals surface area contributed by atoms with Gasteiger partial charge >= 0.3 is 0 Å². The number of nitrogens with zero attached hydrogens (tertiary/aromatic N) is 2. The number of likely N-dealkylation sites (tertiary alicyclic amines) is 1. The first kappa shape index (κ1) is 16.0. The van der Waals surface area contributed by atoms with Gasteiger partial charge in [0.1, 0.15) is 0 Å². The van der Waals surface area contributed by atoms with Crippen LogP contribution in [0.5, 0.6) is 0 Å². The summed E-state index contributed by atoms with van der Waals surface area (Å²) in [5, 5.41) is 0. The second-order valence-corrected chi connectivity index (χ2v) is 5.69. The number of hydrogen-bond donors (Lipinski definition) is 1. The Balaban J connectivity index is 1.51. The monoisotopic (exact) mass is 317 g/mol. The highest BCUT2D eigenvalue weighted by atomic mass is 16.5. The number of benzene rings is 1. The van der Waals surface area contributed by atoms with E-state index < -0.39 is 0 Å². The van der Waals surface area contributed by atoms with Crippen molar-refractivity contribution in [3.63, 3.8) is 0 Å². The van der Waals surface area contributed by atoms with E-state index in [9.17, 15) is 4.79 Å². The van der Waals surface area contributed by atoms with Gasteiger partial charge in [-0.1, -0.05) is 0 Å². The molecule has 0 atom stereocenters. The van der Waals surface area contributed by atoms with E-state index in [0.717, 1.165) is 43.6 Å². The first-order chi connectivity index (χ1) is 11.3. The van der Waals surface area contributed by atoms with Crippen LogP contribution in [0.1, 0.15) is 30.1 Å². The Morgan fingerprint density at radius 2 is 2.17 bits per heavy atom. The summed E-state index contributed by atoms with van der Waals surface area (Å²) in [6, 6.07) is 5.59. The largest absolute Gasteiger partial charge is 0.379 e. The number of ether oxygens (including phenoxy) is 2. The molecular weight excluding hydrogens is 294 g/mol. The SMILES string of the molecule is CCOCCOC1CCN(C(=O)c2ccc3nc[nH]c3c2)CC1. The maximum atomic E-state index is 12.6. The Kier molecular flexibility index (Phi) is 5.25. The zero-order valence-corrected chi connectivity index (χ0v) is 13.5. The van der Waals surface area contributed by atoms with Crippen LogP contribution in [0.2, 0.25) is 0 Å². The predicted molar refractivity (Wildman–Crippen MR) is 87.5 cm³/mol. The minimum atomic E-state index is 0.0780. The predicted octanol–water partition coefficient (Wildman–Crippen LogP) is 2.22. The van der Waals surface area contributed by atoms with E-state index in [1.54, 1.807) is 6.33 Å². The smallest absolute Gasteiger partial charge is 0.253 e. The first-order valence-electron chi connectivity index (χ1n) is 8.19. The second kappa shape index (κ2) is 7.57. The minimum Gasteiger partial charge on any atom is -0.379 e. The molecule has 3 rings (SSSR count). The lowest BCUT2D eigenvalue weighted by Gasteiger charge is -2.32. The number of imidazole rings is 1. The van der Waals surface area contributed by atoms with Gasteiger partial charge in [-0.3, -0.25) is 4.79 Å². The van der Waals surface area contributed by atoms with E-state index in [1.165, 1.54) is 0 Å². The highest BCUT2D eigenvalue weighted by Crippen LogP contribution is 2.18. The highest BCUT2D eigenvalue weighted by Gasteiger charge is 2.24. The Hall–Kier alpha value is -1.92. The van der Waals surface area contributed by atoms with E-state index in [0.29, 0.717) is 18.8 Å². The Labute approximate surface area is 135 Å². The number of aromatic nitrogens is 2. The summed E-state index contributed by atoms with van der Waals surface area (Å²) in [5.41, 5.74) is 2.48. The molecule has 0 saturated carbocycles. The van der Waals surface area contributed by atoms with Crippen LogP contribution in [0.4, 0.5) is 0 Å². The molecule has 1 N–H and O–H groups in total. The lowest BCUT2D eigenvalue weighted by Crippen LogP contribution is -2.41. The molecule has 1 aromatic heterocycles. The van der Waals surface area contributed by atoms with Crippen molar-refractivity contribution in [1.29, 1.82) is 0 Å². The molecule has 0 radical (unpaired) electrons. The highest BCUT2D eigenvalue weighted by molar-refractivity contribution is 5.97. The lowest BCUT2D eigenvalue weighted by atomic mass is 10.1. The van der Waals surface area contributed by atoms with E-state index in [4.69, 9.17) is 9.47 Å². The Morgan fingerprint density at radius 1 is 1.35 bits per heavy atom. The van der Waals surface area contributed by atoms with Gasteiger partial charge < -0.3 is 19.4 Å². The molecule has 0 aliphatic carbocycles. The number of hydrogen-bond acceptors (Lipinski definition) is 4. The summed E-state index contributed by atoms with van der Waals surface area (Å²) < 4.78 is 11.1. The Bertz CT molecular complexity index is 647. The fourth-order valence-electron chi connectivity index (χ4n) is 2.89. The van der Waals surface area contributed by atoms with E-state index in [1.807, 2.05) is 30.0 Å². The van der Waals surface area contributed by atoms with Crippen LogP contribution in [0, 0.1) is 0 Å². The van der Waals surface area contributed by atoms with Crippen molar-refractivity contribution in [3.8, 4) is 0 Å². The van der Waals surface area contributed by atoms with Crippen LogP contribution in [0.25, 0.3) is 11.0 Å². The summed E-state index contributed by atoms with van der Waals surface area (Å²) in [4.78, 5) is 21.7. The van der Waals surface area contributed by atoms with Gasteiger partial charge in [0.25, 0.3) is 5.91 Å². The number of fused-ring (bicyclic) bond motifs is 1. The number of piperidine rings is 1. The molecule has 0 bridgehead atoms. The van der Waals surface area contributed by atoms with E-state index in [-0.39, 0.29) is 12.0 Å². The topological polar surface area (TPSA) is 67.5 Å². The van der Waals surface area contributed by atoms with Gasteiger partial charge in [-0.15, -0.1) is 0 Å². The lowest BCUT2D eigenvalue weighted by molar-refractivity contribution is -0.0182. The molecule has 1 aromatic carbocycles. The van der Waals surface area contributed by atoms with Crippen molar-refractivity contribution in [2.45, 2.75) is 25.9 Å². The molecule has 6 heteroatoms. The van der Waals surface area contributed by atoms with Crippen LogP contribution in [0.15, 0.2) is 24.5 Å². The summed E-state index contributed by atoms with van der Waals surface area (Å²) in [6.45, 7) is 5.43. The third-order valence-electron chi connectivity index (χ3n) is 4.18. The first-order valence-corrected chi connectivity index (χ1v) is 8.19. The third-order valence-corrected chi connectivity index (χ3v) is 4.18. The molecule has 0 spiro atoms. The number of carbonyl (C=O) groups excluding carboxylic acids is 1. The van der Waals surface area contributed by atoms with E-state index in [2.05, 4.69) is 9.97 Å². The number of carbonyl (C=O) groups is 1. The number of aromatic amines is 1. The Morgan fingerprint density at radius 3 is 2.96 bits per heavy atom. The number of rotatable bonds is 6. The van der Waals surface area contributed by atoms with Crippen molar-refractivity contribution in [2.24, 2.45) is 0 Å². The van der Waals surface area contributed by atoms with Gasteiger partial charge in [-0.25, -0.2) is 4.98 Å². The standard InChI is InChI=1S/C17H23N3O3/c1-2-22-9-10-23-14-5-7-20(8-6-14)17(21)13-3-4-15-16(11-13)19-12-18-15/h3-4,11-12,14H,2,5-10H2,1H3,(H,18,19). The number of nitrogens with one attached hydrogen (secondary N) is 1. The summed E-state index contributed by atoms with van der Waals surface area (Å²) in [7, 11) is 0. The van der Waals surface area contributed by atoms with Crippen LogP contribution < -0.4 is 0 Å². The molecule has 2 aromatic rings. The molecule has 1 aliphatic rings. The average Bonchev–Trinajstić information content (AvgIpc) is 3.06. The second-order valence-electron chi connectivity index (χ2n) is 5.69. The zero-order valence-electron chi connectivity index (χ0n) is 13.5. The van der Waals surface area contributed by atoms with E-state index >= 15 is 0 Å². The zero-order chi connectivity index (χ0) is 16.1. The van der Waals surface area contributed by atoms with Gasteiger partial charge in [0.2, 0.25) is 0 Å². The van der Waals surface area contributed by atoms with Gasteiger partial charge in [-0.05, 0) is 38.0 Å². The molecule has 1 saturated heterocycles.